The number of nitrogens with one attached hydrogen (secondary N) is 1. The molecule has 1 N–H and O–H groups in total. The van der Waals surface area contributed by atoms with Gasteiger partial charge in [-0.2, -0.15) is 5.10 Å². The first kappa shape index (κ1) is 31.2. The highest BCUT2D eigenvalue weighted by Crippen LogP contribution is 2.31. The Hall–Kier alpha value is -4.80. The van der Waals surface area contributed by atoms with Crippen molar-refractivity contribution in [2.24, 2.45) is 0 Å². The number of hydrogen-bond acceptors (Lipinski definition) is 7. The molecular formula is C35H39N5O6. The van der Waals surface area contributed by atoms with Crippen LogP contribution in [-0.4, -0.2) is 73.8 Å². The van der Waals surface area contributed by atoms with Crippen LogP contribution in [0.2, 0.25) is 0 Å². The van der Waals surface area contributed by atoms with E-state index in [9.17, 15) is 24.0 Å². The number of carbonyl (C=O) groups is 5. The summed E-state index contributed by atoms with van der Waals surface area (Å²) in [7, 11) is 0. The lowest BCUT2D eigenvalue weighted by molar-refractivity contribution is -0.147. The van der Waals surface area contributed by atoms with Crippen LogP contribution in [0, 0.1) is 13.8 Å². The van der Waals surface area contributed by atoms with Crippen LogP contribution in [0.15, 0.2) is 48.8 Å². The van der Waals surface area contributed by atoms with Crippen LogP contribution in [0.25, 0.3) is 0 Å². The normalized spacial score (nSPS) is 19.0. The van der Waals surface area contributed by atoms with E-state index < -0.39 is 35.3 Å². The third-order valence-electron chi connectivity index (χ3n) is 9.38. The van der Waals surface area contributed by atoms with Gasteiger partial charge in [0, 0.05) is 25.7 Å². The van der Waals surface area contributed by atoms with Gasteiger partial charge >= 0.3 is 0 Å². The van der Waals surface area contributed by atoms with Gasteiger partial charge in [-0.25, -0.2) is 0 Å². The maximum Gasteiger partial charge on any atom is 0.266 e. The molecule has 240 valence electrons. The Balaban J connectivity index is 1.05. The maximum absolute atomic E-state index is 13.4. The number of rotatable bonds is 8. The summed E-state index contributed by atoms with van der Waals surface area (Å²) in [5, 5.41) is 6.85. The van der Waals surface area contributed by atoms with Gasteiger partial charge < -0.3 is 9.64 Å². The van der Waals surface area contributed by atoms with Crippen molar-refractivity contribution in [1.29, 1.82) is 0 Å². The third-order valence-corrected chi connectivity index (χ3v) is 9.38. The van der Waals surface area contributed by atoms with Crippen molar-refractivity contribution in [1.82, 2.24) is 24.9 Å². The minimum atomic E-state index is -0.992. The molecule has 46 heavy (non-hydrogen) atoms. The van der Waals surface area contributed by atoms with Gasteiger partial charge in [0.15, 0.2) is 5.60 Å². The first-order chi connectivity index (χ1) is 21.9. The van der Waals surface area contributed by atoms with E-state index in [4.69, 9.17) is 4.74 Å². The van der Waals surface area contributed by atoms with Crippen LogP contribution in [0.5, 0.6) is 5.75 Å². The van der Waals surface area contributed by atoms with Gasteiger partial charge in [-0.1, -0.05) is 18.2 Å². The molecule has 0 saturated carbocycles. The molecule has 2 fully saturated rings. The Bertz CT molecular complexity index is 1730. The molecule has 0 spiro atoms. The highest BCUT2D eigenvalue weighted by molar-refractivity contribution is 6.24. The van der Waals surface area contributed by atoms with Crippen molar-refractivity contribution in [2.75, 3.05) is 13.1 Å². The third kappa shape index (κ3) is 5.93. The number of amides is 5. The molecule has 11 nitrogen and oxygen atoms in total. The summed E-state index contributed by atoms with van der Waals surface area (Å²) in [4.78, 5) is 66.9. The van der Waals surface area contributed by atoms with E-state index in [1.807, 2.05) is 73.9 Å². The average molecular weight is 626 g/mol. The van der Waals surface area contributed by atoms with E-state index in [1.54, 1.807) is 12.1 Å². The molecule has 1 unspecified atom stereocenters. The van der Waals surface area contributed by atoms with Crippen molar-refractivity contribution < 1.29 is 28.7 Å². The number of benzene rings is 2. The minimum absolute atomic E-state index is 0.0371. The van der Waals surface area contributed by atoms with Crippen LogP contribution in [0.4, 0.5) is 0 Å². The van der Waals surface area contributed by atoms with Gasteiger partial charge in [-0.15, -0.1) is 0 Å². The van der Waals surface area contributed by atoms with Gasteiger partial charge in [-0.05, 0) is 100 Å². The quantitative estimate of drug-likeness (QED) is 0.378. The van der Waals surface area contributed by atoms with Crippen molar-refractivity contribution in [3.8, 4) is 5.75 Å². The predicted octanol–water partition coefficient (Wildman–Crippen LogP) is 3.71. The number of hydrogen-bond donors (Lipinski definition) is 1. The minimum Gasteiger partial charge on any atom is -0.478 e. The van der Waals surface area contributed by atoms with Crippen molar-refractivity contribution >= 4 is 29.5 Å². The lowest BCUT2D eigenvalue weighted by Gasteiger charge is -2.37. The second-order valence-corrected chi connectivity index (χ2v) is 13.0. The van der Waals surface area contributed by atoms with Crippen molar-refractivity contribution in [3.63, 3.8) is 0 Å². The number of carbonyl (C=O) groups excluding carboxylic acids is 5. The van der Waals surface area contributed by atoms with Crippen molar-refractivity contribution in [2.45, 2.75) is 83.9 Å². The molecule has 0 aliphatic carbocycles. The summed E-state index contributed by atoms with van der Waals surface area (Å²) in [5.74, 6) is -1.38. The Labute approximate surface area is 267 Å². The fourth-order valence-corrected chi connectivity index (χ4v) is 6.61. The lowest BCUT2D eigenvalue weighted by atomic mass is 9.98. The lowest BCUT2D eigenvalue weighted by Crippen LogP contribution is -2.54. The standard InChI is InChI=1S/C35H39N5O6/c1-21-8-11-26(18-22(21)2)46-35(3,4)34(45)38-16-14-25(15-17-38)39-20-23(19-36-39)9-10-24-6-5-7-27-30(24)33(44)40(32(27)43)28-12-13-29(41)37-31(28)42/h5-8,11,18-20,25,28H,9-10,12-17H2,1-4H3,(H,37,41,42). The number of fused-ring (bicyclic) bond motifs is 1. The number of nitrogens with zero attached hydrogens (tertiary/aromatic N) is 4. The maximum atomic E-state index is 13.4. The van der Waals surface area contributed by atoms with Gasteiger partial charge in [-0.3, -0.25) is 38.9 Å². The van der Waals surface area contributed by atoms with E-state index in [1.165, 1.54) is 5.56 Å². The van der Waals surface area contributed by atoms with Gasteiger partial charge in [0.05, 0.1) is 23.4 Å². The second kappa shape index (κ2) is 12.2. The highest BCUT2D eigenvalue weighted by Gasteiger charge is 2.45. The van der Waals surface area contributed by atoms with Gasteiger partial charge in [0.2, 0.25) is 11.8 Å². The molecule has 0 radical (unpaired) electrons. The van der Waals surface area contributed by atoms with E-state index >= 15 is 0 Å². The molecule has 2 aromatic carbocycles. The molecule has 1 atom stereocenters. The van der Waals surface area contributed by atoms with Crippen LogP contribution < -0.4 is 10.1 Å². The Morgan fingerprint density at radius 1 is 0.978 bits per heavy atom. The fourth-order valence-electron chi connectivity index (χ4n) is 6.61. The van der Waals surface area contributed by atoms with Crippen molar-refractivity contribution in [3.05, 3.63) is 82.2 Å². The molecule has 4 heterocycles. The number of ether oxygens (including phenoxy) is 1. The van der Waals surface area contributed by atoms with Gasteiger partial charge in [0.25, 0.3) is 17.7 Å². The van der Waals surface area contributed by atoms with E-state index in [-0.39, 0.29) is 30.4 Å². The van der Waals surface area contributed by atoms with E-state index in [2.05, 4.69) is 10.4 Å². The zero-order valence-electron chi connectivity index (χ0n) is 26.7. The number of piperidine rings is 2. The Morgan fingerprint density at radius 2 is 1.74 bits per heavy atom. The monoisotopic (exact) mass is 625 g/mol. The summed E-state index contributed by atoms with van der Waals surface area (Å²) >= 11 is 0. The molecule has 6 rings (SSSR count). The first-order valence-corrected chi connectivity index (χ1v) is 15.8. The van der Waals surface area contributed by atoms with Gasteiger partial charge in [0.1, 0.15) is 11.8 Å². The Morgan fingerprint density at radius 3 is 2.46 bits per heavy atom. The summed E-state index contributed by atoms with van der Waals surface area (Å²) in [5.41, 5.74) is 3.64. The second-order valence-electron chi connectivity index (χ2n) is 13.0. The zero-order valence-corrected chi connectivity index (χ0v) is 26.7. The molecule has 11 heteroatoms. The van der Waals surface area contributed by atoms with Crippen LogP contribution in [-0.2, 0) is 27.2 Å². The average Bonchev–Trinajstić information content (AvgIpc) is 3.60. The largest absolute Gasteiger partial charge is 0.478 e. The van der Waals surface area contributed by atoms with Crippen LogP contribution >= 0.6 is 0 Å². The predicted molar refractivity (Wildman–Crippen MR) is 168 cm³/mol. The molecule has 0 bridgehead atoms. The number of imide groups is 2. The summed E-state index contributed by atoms with van der Waals surface area (Å²) in [6, 6.07) is 10.2. The summed E-state index contributed by atoms with van der Waals surface area (Å²) < 4.78 is 8.10. The van der Waals surface area contributed by atoms with Crippen LogP contribution in [0.1, 0.15) is 88.5 Å². The highest BCUT2D eigenvalue weighted by atomic mass is 16.5. The SMILES string of the molecule is Cc1ccc(OC(C)(C)C(=O)N2CCC(n3cc(CCc4cccc5c4C(=O)N(C4CCC(=O)NC4=O)C5=O)cn3)CC2)cc1C. The van der Waals surface area contributed by atoms with E-state index in [0.717, 1.165) is 34.4 Å². The Kier molecular flexibility index (Phi) is 8.26. The molecule has 3 aliphatic heterocycles. The molecule has 2 saturated heterocycles. The topological polar surface area (TPSA) is 131 Å². The molecule has 3 aromatic rings. The van der Waals surface area contributed by atoms with E-state index in [0.29, 0.717) is 37.2 Å². The molecular weight excluding hydrogens is 586 g/mol. The number of aryl methyl sites for hydroxylation is 4. The fraction of sp³-hybridized carbons (Fsp3) is 0.429. The number of likely N-dealkylation sites (tertiary alicyclic amines) is 1. The molecule has 3 aliphatic rings. The molecule has 5 amide bonds. The first-order valence-electron chi connectivity index (χ1n) is 15.8. The number of aromatic nitrogens is 2. The molecule has 1 aromatic heterocycles. The smallest absolute Gasteiger partial charge is 0.266 e. The summed E-state index contributed by atoms with van der Waals surface area (Å²) in [6.45, 7) is 8.91. The van der Waals surface area contributed by atoms with Crippen LogP contribution in [0.3, 0.4) is 0 Å². The zero-order chi connectivity index (χ0) is 32.7. The summed E-state index contributed by atoms with van der Waals surface area (Å²) in [6.07, 6.45) is 6.70.